The van der Waals surface area contributed by atoms with E-state index in [4.69, 9.17) is 0 Å². The minimum absolute atomic E-state index is 0.0475. The van der Waals surface area contributed by atoms with Crippen LogP contribution in [0.2, 0.25) is 0 Å². The lowest BCUT2D eigenvalue weighted by Crippen LogP contribution is -2.26. The molecule has 0 saturated carbocycles. The average Bonchev–Trinajstić information content (AvgIpc) is 2.42. The van der Waals surface area contributed by atoms with E-state index in [0.29, 0.717) is 18.0 Å². The Hall–Kier alpha value is -1.58. The smallest absolute Gasteiger partial charge is 0.253 e. The first-order valence-electron chi connectivity index (χ1n) is 7.00. The number of pyridine rings is 1. The number of aromatic nitrogens is 1. The van der Waals surface area contributed by atoms with Crippen LogP contribution in [0, 0.1) is 0 Å². The van der Waals surface area contributed by atoms with Crippen LogP contribution in [0.25, 0.3) is 0 Å². The normalized spacial score (nSPS) is 10.6. The van der Waals surface area contributed by atoms with Gasteiger partial charge in [-0.2, -0.15) is 0 Å². The van der Waals surface area contributed by atoms with Crippen molar-refractivity contribution in [2.45, 2.75) is 40.0 Å². The monoisotopic (exact) mass is 263 g/mol. The second kappa shape index (κ2) is 7.12. The third-order valence-corrected chi connectivity index (χ3v) is 3.06. The van der Waals surface area contributed by atoms with Gasteiger partial charge in [0.15, 0.2) is 0 Å². The molecule has 0 saturated heterocycles. The van der Waals surface area contributed by atoms with Crippen molar-refractivity contribution in [3.8, 4) is 0 Å². The second-order valence-electron chi connectivity index (χ2n) is 5.07. The Balaban J connectivity index is 3.08. The lowest BCUT2D eigenvalue weighted by atomic mass is 10.1. The quantitative estimate of drug-likeness (QED) is 0.857. The minimum atomic E-state index is 0.0475. The Morgan fingerprint density at radius 3 is 2.58 bits per heavy atom. The Morgan fingerprint density at radius 1 is 1.37 bits per heavy atom. The van der Waals surface area contributed by atoms with Crippen molar-refractivity contribution in [1.82, 2.24) is 9.88 Å². The van der Waals surface area contributed by atoms with Crippen LogP contribution in [0.1, 0.15) is 56.1 Å². The molecular formula is C15H25N3O. The molecule has 1 amide bonds. The maximum absolute atomic E-state index is 12.2. The summed E-state index contributed by atoms with van der Waals surface area (Å²) in [7, 11) is 1.82. The molecule has 0 fully saturated rings. The highest BCUT2D eigenvalue weighted by Crippen LogP contribution is 2.18. The number of nitrogens with zero attached hydrogens (tertiary/aromatic N) is 2. The molecule has 0 spiro atoms. The summed E-state index contributed by atoms with van der Waals surface area (Å²) >= 11 is 0. The fraction of sp³-hybridized carbons (Fsp3) is 0.600. The van der Waals surface area contributed by atoms with E-state index in [1.165, 1.54) is 0 Å². The van der Waals surface area contributed by atoms with Crippen LogP contribution in [0.3, 0.4) is 0 Å². The average molecular weight is 263 g/mol. The molecule has 0 aliphatic rings. The minimum Gasteiger partial charge on any atom is -0.370 e. The van der Waals surface area contributed by atoms with Crippen LogP contribution in [-0.4, -0.2) is 35.9 Å². The summed E-state index contributed by atoms with van der Waals surface area (Å²) in [6, 6.07) is 3.74. The fourth-order valence-electron chi connectivity index (χ4n) is 1.68. The molecule has 4 nitrogen and oxygen atoms in total. The van der Waals surface area contributed by atoms with E-state index in [0.717, 1.165) is 24.5 Å². The number of nitrogens with one attached hydrogen (secondary N) is 1. The van der Waals surface area contributed by atoms with Crippen molar-refractivity contribution >= 4 is 11.7 Å². The van der Waals surface area contributed by atoms with Crippen molar-refractivity contribution < 1.29 is 4.79 Å². The summed E-state index contributed by atoms with van der Waals surface area (Å²) in [4.78, 5) is 18.5. The first kappa shape index (κ1) is 15.5. The molecule has 0 aromatic carbocycles. The van der Waals surface area contributed by atoms with Crippen molar-refractivity contribution in [2.24, 2.45) is 0 Å². The summed E-state index contributed by atoms with van der Waals surface area (Å²) in [5, 5.41) is 3.26. The topological polar surface area (TPSA) is 45.2 Å². The van der Waals surface area contributed by atoms with Gasteiger partial charge in [0.2, 0.25) is 0 Å². The molecule has 0 unspecified atom stereocenters. The summed E-state index contributed by atoms with van der Waals surface area (Å²) in [5.41, 5.74) is 1.66. The first-order valence-corrected chi connectivity index (χ1v) is 7.00. The number of hydrogen-bond acceptors (Lipinski definition) is 3. The van der Waals surface area contributed by atoms with Crippen LogP contribution >= 0.6 is 0 Å². The Morgan fingerprint density at radius 2 is 2.05 bits per heavy atom. The highest BCUT2D eigenvalue weighted by Gasteiger charge is 2.14. The molecule has 0 radical (unpaired) electrons. The number of hydrogen-bond donors (Lipinski definition) is 1. The maximum Gasteiger partial charge on any atom is 0.253 e. The maximum atomic E-state index is 12.2. The van der Waals surface area contributed by atoms with Gasteiger partial charge in [0.1, 0.15) is 5.82 Å². The summed E-state index contributed by atoms with van der Waals surface area (Å²) in [6.45, 7) is 9.82. The molecule has 0 atom stereocenters. The van der Waals surface area contributed by atoms with Gasteiger partial charge in [-0.1, -0.05) is 20.8 Å². The van der Waals surface area contributed by atoms with Gasteiger partial charge in [0, 0.05) is 31.4 Å². The highest BCUT2D eigenvalue weighted by molar-refractivity contribution is 5.94. The Labute approximate surface area is 116 Å². The molecule has 1 aromatic rings. The van der Waals surface area contributed by atoms with Crippen molar-refractivity contribution in [3.63, 3.8) is 0 Å². The summed E-state index contributed by atoms with van der Waals surface area (Å²) in [6.07, 6.45) is 1.03. The molecule has 1 heterocycles. The second-order valence-corrected chi connectivity index (χ2v) is 5.07. The first-order chi connectivity index (χ1) is 8.99. The van der Waals surface area contributed by atoms with Crippen LogP contribution < -0.4 is 5.32 Å². The predicted octanol–water partition coefficient (Wildman–Crippen LogP) is 3.12. The molecule has 1 N–H and O–H groups in total. The molecule has 1 aromatic heterocycles. The van der Waals surface area contributed by atoms with Gasteiger partial charge < -0.3 is 10.2 Å². The summed E-state index contributed by atoms with van der Waals surface area (Å²) < 4.78 is 0. The van der Waals surface area contributed by atoms with Crippen LogP contribution in [0.15, 0.2) is 12.1 Å². The van der Waals surface area contributed by atoms with Gasteiger partial charge in [-0.3, -0.25) is 4.79 Å². The fourth-order valence-corrected chi connectivity index (χ4v) is 1.68. The van der Waals surface area contributed by atoms with Crippen LogP contribution in [0.4, 0.5) is 5.82 Å². The van der Waals surface area contributed by atoms with E-state index >= 15 is 0 Å². The zero-order valence-corrected chi connectivity index (χ0v) is 12.7. The number of anilines is 1. The van der Waals surface area contributed by atoms with Gasteiger partial charge in [0.25, 0.3) is 5.91 Å². The highest BCUT2D eigenvalue weighted by atomic mass is 16.2. The Bertz CT molecular complexity index is 429. The van der Waals surface area contributed by atoms with E-state index in [2.05, 4.69) is 31.1 Å². The molecule has 106 valence electrons. The third-order valence-electron chi connectivity index (χ3n) is 3.06. The van der Waals surface area contributed by atoms with E-state index in [9.17, 15) is 4.79 Å². The number of amides is 1. The van der Waals surface area contributed by atoms with E-state index in [1.807, 2.05) is 26.1 Å². The van der Waals surface area contributed by atoms with Crippen molar-refractivity contribution in [2.75, 3.05) is 25.5 Å². The molecule has 4 heteroatoms. The van der Waals surface area contributed by atoms with Gasteiger partial charge in [-0.15, -0.1) is 0 Å². The van der Waals surface area contributed by atoms with Gasteiger partial charge >= 0.3 is 0 Å². The van der Waals surface area contributed by atoms with Crippen molar-refractivity contribution in [1.29, 1.82) is 0 Å². The Kier molecular flexibility index (Phi) is 5.80. The SMILES string of the molecule is CCCNc1cc(C(=O)N(C)CC)cc(C(C)C)n1. The van der Waals surface area contributed by atoms with Crippen molar-refractivity contribution in [3.05, 3.63) is 23.4 Å². The van der Waals surface area contributed by atoms with Gasteiger partial charge in [0.05, 0.1) is 0 Å². The number of rotatable bonds is 6. The largest absolute Gasteiger partial charge is 0.370 e. The molecule has 0 aliphatic carbocycles. The number of carbonyl (C=O) groups excluding carboxylic acids is 1. The van der Waals surface area contributed by atoms with E-state index < -0.39 is 0 Å². The van der Waals surface area contributed by atoms with Crippen LogP contribution in [-0.2, 0) is 0 Å². The summed E-state index contributed by atoms with van der Waals surface area (Å²) in [5.74, 6) is 1.15. The van der Waals surface area contributed by atoms with Gasteiger partial charge in [-0.25, -0.2) is 4.98 Å². The molecule has 1 rings (SSSR count). The zero-order chi connectivity index (χ0) is 14.4. The molecule has 0 bridgehead atoms. The van der Waals surface area contributed by atoms with E-state index in [1.54, 1.807) is 4.90 Å². The van der Waals surface area contributed by atoms with E-state index in [-0.39, 0.29) is 5.91 Å². The lowest BCUT2D eigenvalue weighted by Gasteiger charge is -2.17. The number of carbonyl (C=O) groups is 1. The molecule has 19 heavy (non-hydrogen) atoms. The molecule has 0 aliphatic heterocycles. The predicted molar refractivity (Wildman–Crippen MR) is 79.7 cm³/mol. The standard InChI is InChI=1S/C15H25N3O/c1-6-8-16-14-10-12(15(19)18(5)7-2)9-13(17-14)11(3)4/h9-11H,6-8H2,1-5H3,(H,16,17). The third kappa shape index (κ3) is 4.23. The van der Waals surface area contributed by atoms with Gasteiger partial charge in [-0.05, 0) is 31.4 Å². The van der Waals surface area contributed by atoms with Crippen LogP contribution in [0.5, 0.6) is 0 Å². The zero-order valence-electron chi connectivity index (χ0n) is 12.7. The lowest BCUT2D eigenvalue weighted by molar-refractivity contribution is 0.0802. The molecular weight excluding hydrogens is 238 g/mol.